The highest BCUT2D eigenvalue weighted by atomic mass is 16.2. The molecule has 2 aromatic carbocycles. The van der Waals surface area contributed by atoms with E-state index in [1.54, 1.807) is 12.1 Å². The van der Waals surface area contributed by atoms with Crippen LogP contribution in [0.25, 0.3) is 11.0 Å². The summed E-state index contributed by atoms with van der Waals surface area (Å²) >= 11 is 0. The maximum absolute atomic E-state index is 12.8. The zero-order chi connectivity index (χ0) is 19.2. The van der Waals surface area contributed by atoms with Gasteiger partial charge >= 0.3 is 0 Å². The number of nitrogens with one attached hydrogen (secondary N) is 2. The Labute approximate surface area is 157 Å². The first-order chi connectivity index (χ1) is 12.9. The van der Waals surface area contributed by atoms with Crippen molar-refractivity contribution in [1.29, 1.82) is 0 Å². The van der Waals surface area contributed by atoms with Gasteiger partial charge in [0.05, 0.1) is 22.1 Å². The molecule has 1 aromatic heterocycles. The third-order valence-corrected chi connectivity index (χ3v) is 5.06. The van der Waals surface area contributed by atoms with Gasteiger partial charge in [0.1, 0.15) is 0 Å². The lowest BCUT2D eigenvalue weighted by Crippen LogP contribution is -2.36. The quantitative estimate of drug-likeness (QED) is 0.740. The van der Waals surface area contributed by atoms with E-state index in [2.05, 4.69) is 22.2 Å². The molecule has 0 atom stereocenters. The van der Waals surface area contributed by atoms with E-state index < -0.39 is 5.41 Å². The molecule has 2 amide bonds. The molecule has 0 spiro atoms. The Morgan fingerprint density at radius 3 is 2.67 bits per heavy atom. The number of H-pyrrole nitrogens is 1. The second kappa shape index (κ2) is 6.23. The number of aromatic nitrogens is 2. The average molecular weight is 362 g/mol. The largest absolute Gasteiger partial charge is 0.324 e. The first-order valence-corrected chi connectivity index (χ1v) is 9.14. The van der Waals surface area contributed by atoms with Gasteiger partial charge in [0.15, 0.2) is 0 Å². The minimum atomic E-state index is -0.572. The van der Waals surface area contributed by atoms with E-state index in [0.29, 0.717) is 18.1 Å². The van der Waals surface area contributed by atoms with Crippen molar-refractivity contribution < 1.29 is 9.59 Å². The summed E-state index contributed by atoms with van der Waals surface area (Å²) in [5.74, 6) is 0.295. The molecular weight excluding hydrogens is 340 g/mol. The van der Waals surface area contributed by atoms with Gasteiger partial charge < -0.3 is 9.88 Å². The van der Waals surface area contributed by atoms with Crippen LogP contribution in [0.2, 0.25) is 0 Å². The normalized spacial score (nSPS) is 15.2. The van der Waals surface area contributed by atoms with E-state index in [-0.39, 0.29) is 11.8 Å². The van der Waals surface area contributed by atoms with E-state index in [9.17, 15) is 9.59 Å². The second-order valence-corrected chi connectivity index (χ2v) is 7.37. The van der Waals surface area contributed by atoms with Crippen molar-refractivity contribution in [3.05, 3.63) is 53.6 Å². The zero-order valence-corrected chi connectivity index (χ0v) is 15.7. The SMILES string of the molecule is CCCN1C(=O)C(C)(C)c2cc3[nH]c(NC(=O)c4ccccc4)nc3cc21. The van der Waals surface area contributed by atoms with Crippen LogP contribution in [0.4, 0.5) is 11.6 Å². The maximum atomic E-state index is 12.8. The lowest BCUT2D eigenvalue weighted by Gasteiger charge is -2.19. The van der Waals surface area contributed by atoms with Gasteiger partial charge in [0, 0.05) is 12.1 Å². The first-order valence-electron chi connectivity index (χ1n) is 9.14. The second-order valence-electron chi connectivity index (χ2n) is 7.37. The van der Waals surface area contributed by atoms with Crippen LogP contribution in [0.1, 0.15) is 43.1 Å². The Hall–Kier alpha value is -3.15. The molecule has 0 fully saturated rings. The molecule has 0 saturated heterocycles. The number of fused-ring (bicyclic) bond motifs is 2. The summed E-state index contributed by atoms with van der Waals surface area (Å²) in [6.45, 7) is 6.64. The standard InChI is InChI=1S/C21H22N4O2/c1-4-10-25-17-12-16-15(11-14(17)21(2,3)19(25)27)22-20(23-16)24-18(26)13-8-6-5-7-9-13/h5-9,11-12H,4,10H2,1-3H3,(H2,22,23,24,26). The Bertz CT molecular complexity index is 1040. The monoisotopic (exact) mass is 362 g/mol. The summed E-state index contributed by atoms with van der Waals surface area (Å²) in [5.41, 5.74) is 3.42. The van der Waals surface area contributed by atoms with Gasteiger partial charge in [-0.25, -0.2) is 4.98 Å². The predicted octanol–water partition coefficient (Wildman–Crippen LogP) is 3.85. The van der Waals surface area contributed by atoms with Crippen LogP contribution in [-0.4, -0.2) is 28.3 Å². The van der Waals surface area contributed by atoms with Gasteiger partial charge in [0.25, 0.3) is 5.91 Å². The van der Waals surface area contributed by atoms with Crippen LogP contribution in [0.5, 0.6) is 0 Å². The van der Waals surface area contributed by atoms with E-state index in [0.717, 1.165) is 28.7 Å². The number of benzene rings is 2. The van der Waals surface area contributed by atoms with Crippen LogP contribution in [0, 0.1) is 0 Å². The molecule has 2 N–H and O–H groups in total. The maximum Gasteiger partial charge on any atom is 0.257 e. The summed E-state index contributed by atoms with van der Waals surface area (Å²) in [5, 5.41) is 2.80. The fourth-order valence-electron chi connectivity index (χ4n) is 3.61. The number of imidazole rings is 1. The Morgan fingerprint density at radius 1 is 1.22 bits per heavy atom. The van der Waals surface area contributed by atoms with Crippen molar-refractivity contribution in [2.45, 2.75) is 32.6 Å². The number of hydrogen-bond acceptors (Lipinski definition) is 3. The first kappa shape index (κ1) is 17.3. The topological polar surface area (TPSA) is 78.1 Å². The summed E-state index contributed by atoms with van der Waals surface area (Å²) in [4.78, 5) is 34.6. The van der Waals surface area contributed by atoms with Crippen molar-refractivity contribution in [3.63, 3.8) is 0 Å². The number of aromatic amines is 1. The number of carbonyl (C=O) groups is 2. The third-order valence-electron chi connectivity index (χ3n) is 5.06. The van der Waals surface area contributed by atoms with Crippen LogP contribution in [-0.2, 0) is 10.2 Å². The van der Waals surface area contributed by atoms with E-state index in [1.807, 2.05) is 49.1 Å². The van der Waals surface area contributed by atoms with E-state index in [4.69, 9.17) is 0 Å². The van der Waals surface area contributed by atoms with E-state index in [1.165, 1.54) is 0 Å². The number of carbonyl (C=O) groups excluding carboxylic acids is 2. The lowest BCUT2D eigenvalue weighted by molar-refractivity contribution is -0.122. The van der Waals surface area contributed by atoms with Crippen molar-refractivity contribution in [3.8, 4) is 0 Å². The average Bonchev–Trinajstić information content (AvgIpc) is 3.13. The molecule has 6 nitrogen and oxygen atoms in total. The molecule has 2 heterocycles. The van der Waals surface area contributed by atoms with Gasteiger partial charge in [-0.05, 0) is 50.1 Å². The number of anilines is 2. The predicted molar refractivity (Wildman–Crippen MR) is 106 cm³/mol. The molecule has 1 aliphatic rings. The molecule has 138 valence electrons. The number of nitrogens with zero attached hydrogens (tertiary/aromatic N) is 2. The smallest absolute Gasteiger partial charge is 0.257 e. The van der Waals surface area contributed by atoms with Crippen LogP contribution in [0.3, 0.4) is 0 Å². The summed E-state index contributed by atoms with van der Waals surface area (Å²) in [6.07, 6.45) is 0.887. The molecule has 27 heavy (non-hydrogen) atoms. The van der Waals surface area contributed by atoms with Crippen LogP contribution in [0.15, 0.2) is 42.5 Å². The van der Waals surface area contributed by atoms with Crippen molar-refractivity contribution in [2.75, 3.05) is 16.8 Å². The highest BCUT2D eigenvalue weighted by Crippen LogP contribution is 2.43. The Morgan fingerprint density at radius 2 is 1.96 bits per heavy atom. The van der Waals surface area contributed by atoms with E-state index >= 15 is 0 Å². The zero-order valence-electron chi connectivity index (χ0n) is 15.7. The highest BCUT2D eigenvalue weighted by molar-refractivity contribution is 6.10. The fraction of sp³-hybridized carbons (Fsp3) is 0.286. The fourth-order valence-corrected chi connectivity index (χ4v) is 3.61. The Kier molecular flexibility index (Phi) is 3.98. The minimum Gasteiger partial charge on any atom is -0.324 e. The molecule has 0 bridgehead atoms. The van der Waals surface area contributed by atoms with Gasteiger partial charge in [-0.1, -0.05) is 25.1 Å². The molecule has 3 aromatic rings. The molecule has 4 rings (SSSR count). The van der Waals surface area contributed by atoms with Gasteiger partial charge in [0.2, 0.25) is 11.9 Å². The lowest BCUT2D eigenvalue weighted by atomic mass is 9.86. The third kappa shape index (κ3) is 2.77. The molecular formula is C21H22N4O2. The molecule has 1 aliphatic heterocycles. The summed E-state index contributed by atoms with van der Waals surface area (Å²) in [7, 11) is 0. The number of amides is 2. The molecule has 6 heteroatoms. The minimum absolute atomic E-state index is 0.115. The number of rotatable bonds is 4. The van der Waals surface area contributed by atoms with Gasteiger partial charge in [-0.3, -0.25) is 14.9 Å². The highest BCUT2D eigenvalue weighted by Gasteiger charge is 2.43. The number of hydrogen-bond donors (Lipinski definition) is 2. The summed E-state index contributed by atoms with van der Waals surface area (Å²) < 4.78 is 0. The molecule has 0 saturated carbocycles. The molecule has 0 radical (unpaired) electrons. The van der Waals surface area contributed by atoms with Crippen molar-refractivity contribution >= 4 is 34.5 Å². The molecule has 0 aliphatic carbocycles. The van der Waals surface area contributed by atoms with Crippen LogP contribution < -0.4 is 10.2 Å². The van der Waals surface area contributed by atoms with Crippen LogP contribution >= 0.6 is 0 Å². The van der Waals surface area contributed by atoms with Gasteiger partial charge in [-0.2, -0.15) is 0 Å². The summed E-state index contributed by atoms with van der Waals surface area (Å²) in [6, 6.07) is 12.9. The van der Waals surface area contributed by atoms with Gasteiger partial charge in [-0.15, -0.1) is 0 Å². The van der Waals surface area contributed by atoms with Crippen molar-refractivity contribution in [2.24, 2.45) is 0 Å². The molecule has 0 unspecified atom stereocenters. The van der Waals surface area contributed by atoms with Crippen molar-refractivity contribution in [1.82, 2.24) is 9.97 Å². The Balaban J connectivity index is 1.71.